The first kappa shape index (κ1) is 23.9. The second kappa shape index (κ2) is 9.69. The van der Waals surface area contributed by atoms with Gasteiger partial charge in [0.2, 0.25) is 21.9 Å². The molecule has 3 aliphatic rings. The zero-order valence-electron chi connectivity index (χ0n) is 19.2. The average Bonchev–Trinajstić information content (AvgIpc) is 3.42. The van der Waals surface area contributed by atoms with E-state index in [0.29, 0.717) is 56.5 Å². The third-order valence-corrected chi connectivity index (χ3v) is 8.06. The maximum absolute atomic E-state index is 11.7. The Bertz CT molecular complexity index is 1190. The number of carboxylic acid groups (broad SMARTS) is 1. The van der Waals surface area contributed by atoms with E-state index in [1.54, 1.807) is 30.5 Å². The highest BCUT2D eigenvalue weighted by Gasteiger charge is 2.50. The van der Waals surface area contributed by atoms with E-state index in [9.17, 15) is 18.3 Å². The van der Waals surface area contributed by atoms with Crippen molar-refractivity contribution in [2.75, 3.05) is 37.9 Å². The summed E-state index contributed by atoms with van der Waals surface area (Å²) in [5, 5.41) is 12.8. The van der Waals surface area contributed by atoms with Crippen LogP contribution < -0.4 is 10.1 Å². The number of fused-ring (bicyclic) bond motifs is 1. The summed E-state index contributed by atoms with van der Waals surface area (Å²) in [7, 11) is -3.18. The Morgan fingerprint density at radius 1 is 1.14 bits per heavy atom. The standard InChI is InChI=1S/C23H28N4O7S/c1-35(30,31)27-10-7-14(8-11-27)25-23-24-9-6-19(26-23)34-18-13-33-20-17(12-32-21(18)20)15-4-2-3-5-16(15)22(28)29/h2-6,9,14,17-18,20-21H,7-8,10-13H2,1H3,(H,28,29)(H,24,25,26)/t17-,18+,20-,21+/m1/s1. The molecule has 4 heterocycles. The van der Waals surface area contributed by atoms with E-state index in [4.69, 9.17) is 14.2 Å². The molecule has 2 N–H and O–H groups in total. The fraction of sp³-hybridized carbons (Fsp3) is 0.522. The molecule has 0 aliphatic carbocycles. The molecule has 0 bridgehead atoms. The van der Waals surface area contributed by atoms with Gasteiger partial charge in [0.1, 0.15) is 6.10 Å². The van der Waals surface area contributed by atoms with E-state index in [-0.39, 0.29) is 35.8 Å². The van der Waals surface area contributed by atoms with Gasteiger partial charge < -0.3 is 24.6 Å². The summed E-state index contributed by atoms with van der Waals surface area (Å²) < 4.78 is 43.0. The van der Waals surface area contributed by atoms with Crippen molar-refractivity contribution in [1.29, 1.82) is 0 Å². The summed E-state index contributed by atoms with van der Waals surface area (Å²) in [5.41, 5.74) is 0.951. The number of hydrogen-bond acceptors (Lipinski definition) is 9. The first-order valence-electron chi connectivity index (χ1n) is 11.6. The monoisotopic (exact) mass is 504 g/mol. The van der Waals surface area contributed by atoms with Crippen LogP contribution >= 0.6 is 0 Å². The molecule has 5 rings (SSSR count). The van der Waals surface area contributed by atoms with E-state index < -0.39 is 16.0 Å². The minimum atomic E-state index is -3.18. The third-order valence-electron chi connectivity index (χ3n) is 6.76. The van der Waals surface area contributed by atoms with Crippen LogP contribution in [0.1, 0.15) is 34.7 Å². The summed E-state index contributed by atoms with van der Waals surface area (Å²) in [6.45, 7) is 1.57. The number of aromatic nitrogens is 2. The Morgan fingerprint density at radius 2 is 1.89 bits per heavy atom. The van der Waals surface area contributed by atoms with Gasteiger partial charge in [-0.1, -0.05) is 18.2 Å². The second-order valence-electron chi connectivity index (χ2n) is 9.05. The van der Waals surface area contributed by atoms with Gasteiger partial charge in [0.25, 0.3) is 0 Å². The molecule has 188 valence electrons. The molecule has 2 aromatic rings. The van der Waals surface area contributed by atoms with Crippen molar-refractivity contribution in [3.63, 3.8) is 0 Å². The largest absolute Gasteiger partial charge is 0.478 e. The number of nitrogens with zero attached hydrogens (tertiary/aromatic N) is 3. The Hall–Kier alpha value is -2.80. The molecular weight excluding hydrogens is 476 g/mol. The molecule has 1 aromatic heterocycles. The van der Waals surface area contributed by atoms with Crippen LogP contribution in [0.25, 0.3) is 0 Å². The lowest BCUT2D eigenvalue weighted by molar-refractivity contribution is 0.0285. The summed E-state index contributed by atoms with van der Waals surface area (Å²) in [5.74, 6) is -0.376. The van der Waals surface area contributed by atoms with E-state index in [2.05, 4.69) is 15.3 Å². The number of ether oxygens (including phenoxy) is 3. The molecule has 0 spiro atoms. The first-order chi connectivity index (χ1) is 16.8. The predicted octanol–water partition coefficient (Wildman–Crippen LogP) is 1.34. The molecule has 3 aliphatic heterocycles. The Balaban J connectivity index is 1.21. The normalized spacial score (nSPS) is 27.5. The van der Waals surface area contributed by atoms with Crippen molar-refractivity contribution in [3.8, 4) is 5.88 Å². The maximum atomic E-state index is 11.7. The molecule has 0 amide bonds. The number of aromatic carboxylic acids is 1. The number of nitrogens with one attached hydrogen (secondary N) is 1. The minimum Gasteiger partial charge on any atom is -0.478 e. The zero-order chi connectivity index (χ0) is 24.6. The smallest absolute Gasteiger partial charge is 0.335 e. The molecule has 0 unspecified atom stereocenters. The van der Waals surface area contributed by atoms with Gasteiger partial charge in [-0.15, -0.1) is 0 Å². The van der Waals surface area contributed by atoms with Crippen molar-refractivity contribution < 1.29 is 32.5 Å². The quantitative estimate of drug-likeness (QED) is 0.568. The number of anilines is 1. The number of hydrogen-bond donors (Lipinski definition) is 2. The molecule has 11 nitrogen and oxygen atoms in total. The molecule has 3 saturated heterocycles. The molecule has 35 heavy (non-hydrogen) atoms. The van der Waals surface area contributed by atoms with E-state index in [1.165, 1.54) is 10.6 Å². The van der Waals surface area contributed by atoms with Crippen LogP contribution in [0.2, 0.25) is 0 Å². The fourth-order valence-electron chi connectivity index (χ4n) is 4.99. The van der Waals surface area contributed by atoms with Gasteiger partial charge in [-0.25, -0.2) is 22.5 Å². The van der Waals surface area contributed by atoms with Crippen molar-refractivity contribution in [1.82, 2.24) is 14.3 Å². The molecule has 0 radical (unpaired) electrons. The molecular formula is C23H28N4O7S. The predicted molar refractivity (Wildman–Crippen MR) is 125 cm³/mol. The molecule has 1 aromatic carbocycles. The summed E-state index contributed by atoms with van der Waals surface area (Å²) in [6.07, 6.45) is 3.12. The van der Waals surface area contributed by atoms with E-state index in [0.717, 1.165) is 0 Å². The van der Waals surface area contributed by atoms with Crippen LogP contribution in [0.4, 0.5) is 5.95 Å². The van der Waals surface area contributed by atoms with E-state index in [1.807, 2.05) is 6.07 Å². The Kier molecular flexibility index (Phi) is 6.62. The summed E-state index contributed by atoms with van der Waals surface area (Å²) in [6, 6.07) is 8.65. The molecule has 3 fully saturated rings. The van der Waals surface area contributed by atoms with Gasteiger partial charge in [-0.2, -0.15) is 4.98 Å². The first-order valence-corrected chi connectivity index (χ1v) is 13.4. The van der Waals surface area contributed by atoms with Crippen LogP contribution in [0, 0.1) is 0 Å². The number of piperidine rings is 1. The Morgan fingerprint density at radius 3 is 2.63 bits per heavy atom. The lowest BCUT2D eigenvalue weighted by atomic mass is 9.89. The highest BCUT2D eigenvalue weighted by atomic mass is 32.2. The van der Waals surface area contributed by atoms with Crippen molar-refractivity contribution in [2.45, 2.75) is 43.1 Å². The van der Waals surface area contributed by atoms with Crippen LogP contribution in [0.5, 0.6) is 5.88 Å². The van der Waals surface area contributed by atoms with Crippen molar-refractivity contribution >= 4 is 21.9 Å². The number of carbonyl (C=O) groups is 1. The SMILES string of the molecule is CS(=O)(=O)N1CCC(Nc2nccc(O[C@H]3CO[C@H]4[C@H]3OC[C@@H]4c3ccccc3C(=O)O)n2)CC1. The fourth-order valence-corrected chi connectivity index (χ4v) is 5.87. The van der Waals surface area contributed by atoms with Gasteiger partial charge in [-0.05, 0) is 24.5 Å². The van der Waals surface area contributed by atoms with Crippen LogP contribution in [-0.2, 0) is 19.5 Å². The Labute approximate surface area is 203 Å². The van der Waals surface area contributed by atoms with Crippen molar-refractivity contribution in [3.05, 3.63) is 47.7 Å². The molecule has 4 atom stereocenters. The number of benzene rings is 1. The summed E-state index contributed by atoms with van der Waals surface area (Å²) in [4.78, 5) is 20.4. The topological polar surface area (TPSA) is 140 Å². The van der Waals surface area contributed by atoms with Gasteiger partial charge in [0, 0.05) is 37.3 Å². The van der Waals surface area contributed by atoms with Crippen LogP contribution in [-0.4, -0.2) is 90.7 Å². The summed E-state index contributed by atoms with van der Waals surface area (Å²) >= 11 is 0. The molecule has 0 saturated carbocycles. The molecule has 12 heteroatoms. The highest BCUT2D eigenvalue weighted by molar-refractivity contribution is 7.88. The van der Waals surface area contributed by atoms with Crippen LogP contribution in [0.15, 0.2) is 36.5 Å². The average molecular weight is 505 g/mol. The number of rotatable bonds is 7. The number of sulfonamides is 1. The second-order valence-corrected chi connectivity index (χ2v) is 11.0. The number of carboxylic acids is 1. The maximum Gasteiger partial charge on any atom is 0.335 e. The van der Waals surface area contributed by atoms with Crippen LogP contribution in [0.3, 0.4) is 0 Å². The van der Waals surface area contributed by atoms with Gasteiger partial charge in [-0.3, -0.25) is 0 Å². The zero-order valence-corrected chi connectivity index (χ0v) is 20.1. The van der Waals surface area contributed by atoms with Gasteiger partial charge >= 0.3 is 5.97 Å². The van der Waals surface area contributed by atoms with E-state index >= 15 is 0 Å². The third kappa shape index (κ3) is 5.10. The minimum absolute atomic E-state index is 0.0654. The van der Waals surface area contributed by atoms with Gasteiger partial charge in [0.05, 0.1) is 31.1 Å². The van der Waals surface area contributed by atoms with Crippen molar-refractivity contribution in [2.24, 2.45) is 0 Å². The van der Waals surface area contributed by atoms with Gasteiger partial charge in [0.15, 0.2) is 6.10 Å². The lowest BCUT2D eigenvalue weighted by Crippen LogP contribution is -2.42. The highest BCUT2D eigenvalue weighted by Crippen LogP contribution is 2.39. The lowest BCUT2D eigenvalue weighted by Gasteiger charge is -2.30.